The van der Waals surface area contributed by atoms with E-state index in [-0.39, 0.29) is 11.4 Å². The molecule has 6 heteroatoms. The fourth-order valence-corrected chi connectivity index (χ4v) is 3.04. The van der Waals surface area contributed by atoms with E-state index in [0.717, 1.165) is 6.07 Å². The van der Waals surface area contributed by atoms with Crippen molar-refractivity contribution in [3.63, 3.8) is 0 Å². The van der Waals surface area contributed by atoms with Crippen LogP contribution in [-0.2, 0) is 10.0 Å². The first-order valence-electron chi connectivity index (χ1n) is 6.22. The van der Waals surface area contributed by atoms with E-state index < -0.39 is 21.4 Å². The van der Waals surface area contributed by atoms with Gasteiger partial charge in [0.15, 0.2) is 0 Å². The van der Waals surface area contributed by atoms with Gasteiger partial charge in [-0.3, -0.25) is 0 Å². The predicted octanol–water partition coefficient (Wildman–Crippen LogP) is 1.96. The molecule has 19 heavy (non-hydrogen) atoms. The van der Waals surface area contributed by atoms with Crippen molar-refractivity contribution in [2.45, 2.75) is 44.1 Å². The average Bonchev–Trinajstić information content (AvgIpc) is 2.39. The van der Waals surface area contributed by atoms with E-state index in [1.807, 2.05) is 0 Å². The van der Waals surface area contributed by atoms with Crippen molar-refractivity contribution in [2.24, 2.45) is 0 Å². The lowest BCUT2D eigenvalue weighted by Crippen LogP contribution is -2.42. The van der Waals surface area contributed by atoms with E-state index >= 15 is 0 Å². The van der Waals surface area contributed by atoms with Gasteiger partial charge >= 0.3 is 0 Å². The van der Waals surface area contributed by atoms with E-state index in [9.17, 15) is 17.9 Å². The first kappa shape index (κ1) is 16.1. The van der Waals surface area contributed by atoms with Crippen LogP contribution in [0.1, 0.15) is 32.3 Å². The lowest BCUT2D eigenvalue weighted by molar-refractivity contribution is 0.0377. The van der Waals surface area contributed by atoms with Crippen molar-refractivity contribution in [1.82, 2.24) is 4.72 Å². The summed E-state index contributed by atoms with van der Waals surface area (Å²) in [5.41, 5.74) is -0.612. The largest absolute Gasteiger partial charge is 0.389 e. The van der Waals surface area contributed by atoms with Crippen molar-refractivity contribution in [1.29, 1.82) is 0 Å². The minimum Gasteiger partial charge on any atom is -0.389 e. The molecule has 0 aliphatic carbocycles. The second kappa shape index (κ2) is 5.98. The maximum atomic E-state index is 13.1. The third-order valence-electron chi connectivity index (χ3n) is 3.35. The van der Waals surface area contributed by atoms with Gasteiger partial charge in [0.1, 0.15) is 5.82 Å². The van der Waals surface area contributed by atoms with Gasteiger partial charge < -0.3 is 5.11 Å². The van der Waals surface area contributed by atoms with Crippen molar-refractivity contribution in [2.75, 3.05) is 6.54 Å². The second-order valence-corrected chi connectivity index (χ2v) is 6.40. The van der Waals surface area contributed by atoms with Crippen molar-refractivity contribution < 1.29 is 17.9 Å². The molecule has 0 fully saturated rings. The maximum absolute atomic E-state index is 13.1. The van der Waals surface area contributed by atoms with E-state index in [1.54, 1.807) is 20.8 Å². The van der Waals surface area contributed by atoms with Crippen LogP contribution in [0.3, 0.4) is 0 Å². The summed E-state index contributed by atoms with van der Waals surface area (Å²) in [5.74, 6) is -0.604. The molecule has 0 spiro atoms. The smallest absolute Gasteiger partial charge is 0.241 e. The highest BCUT2D eigenvalue weighted by Crippen LogP contribution is 2.18. The lowest BCUT2D eigenvalue weighted by Gasteiger charge is -2.25. The molecule has 0 aliphatic rings. The first-order valence-corrected chi connectivity index (χ1v) is 7.70. The second-order valence-electron chi connectivity index (χ2n) is 4.67. The molecule has 0 unspecified atom stereocenters. The van der Waals surface area contributed by atoms with Gasteiger partial charge in [-0.05, 0) is 37.5 Å². The number of hydrogen-bond donors (Lipinski definition) is 2. The fraction of sp³-hybridized carbons (Fsp3) is 0.538. The monoisotopic (exact) mass is 289 g/mol. The number of aliphatic hydroxyl groups is 1. The summed E-state index contributed by atoms with van der Waals surface area (Å²) in [6, 6.07) is 3.60. The van der Waals surface area contributed by atoms with Crippen LogP contribution < -0.4 is 4.72 Å². The van der Waals surface area contributed by atoms with Crippen LogP contribution in [0.4, 0.5) is 4.39 Å². The van der Waals surface area contributed by atoms with Gasteiger partial charge in [-0.1, -0.05) is 19.9 Å². The molecule has 0 saturated heterocycles. The zero-order valence-electron chi connectivity index (χ0n) is 11.4. The minimum atomic E-state index is -3.82. The zero-order valence-corrected chi connectivity index (χ0v) is 12.2. The molecule has 0 saturated carbocycles. The maximum Gasteiger partial charge on any atom is 0.241 e. The van der Waals surface area contributed by atoms with Gasteiger partial charge in [0.25, 0.3) is 0 Å². The summed E-state index contributed by atoms with van der Waals surface area (Å²) >= 11 is 0. The number of sulfonamides is 1. The van der Waals surface area contributed by atoms with Gasteiger partial charge in [0.2, 0.25) is 10.0 Å². The Kier molecular flexibility index (Phi) is 5.06. The first-order chi connectivity index (χ1) is 8.74. The van der Waals surface area contributed by atoms with Gasteiger partial charge in [-0.2, -0.15) is 0 Å². The quantitative estimate of drug-likeness (QED) is 0.841. The van der Waals surface area contributed by atoms with Crippen LogP contribution in [0.5, 0.6) is 0 Å². The number of halogens is 1. The van der Waals surface area contributed by atoms with Crippen LogP contribution in [-0.4, -0.2) is 25.7 Å². The van der Waals surface area contributed by atoms with Crippen LogP contribution in [0.25, 0.3) is 0 Å². The zero-order chi connectivity index (χ0) is 14.7. The van der Waals surface area contributed by atoms with E-state index in [2.05, 4.69) is 4.72 Å². The third-order valence-corrected chi connectivity index (χ3v) is 4.89. The molecule has 0 heterocycles. The minimum absolute atomic E-state index is 0.0850. The highest BCUT2D eigenvalue weighted by Gasteiger charge is 2.26. The summed E-state index contributed by atoms with van der Waals surface area (Å²) in [5, 5.41) is 10.1. The van der Waals surface area contributed by atoms with Crippen molar-refractivity contribution in [3.8, 4) is 0 Å². The fourth-order valence-electron chi connectivity index (χ4n) is 1.67. The van der Waals surface area contributed by atoms with Crippen molar-refractivity contribution in [3.05, 3.63) is 29.6 Å². The molecule has 1 rings (SSSR count). The Balaban J connectivity index is 2.96. The molecule has 0 aliphatic heterocycles. The molecule has 0 radical (unpaired) electrons. The Morgan fingerprint density at radius 3 is 2.42 bits per heavy atom. The van der Waals surface area contributed by atoms with E-state index in [0.29, 0.717) is 18.4 Å². The molecule has 0 amide bonds. The molecule has 1 aromatic carbocycles. The Hall–Kier alpha value is -0.980. The number of nitrogens with one attached hydrogen (secondary N) is 1. The van der Waals surface area contributed by atoms with Gasteiger partial charge in [-0.25, -0.2) is 17.5 Å². The number of benzene rings is 1. The summed E-state index contributed by atoms with van der Waals surface area (Å²) in [7, 11) is -3.82. The summed E-state index contributed by atoms with van der Waals surface area (Å²) in [4.78, 5) is -0.0953. The number of aryl methyl sites for hydroxylation is 1. The van der Waals surface area contributed by atoms with E-state index in [1.165, 1.54) is 12.1 Å². The summed E-state index contributed by atoms with van der Waals surface area (Å²) in [6.45, 7) is 5.08. The highest BCUT2D eigenvalue weighted by molar-refractivity contribution is 7.89. The number of hydrogen-bond acceptors (Lipinski definition) is 3. The molecule has 108 valence electrons. The molecule has 1 aromatic rings. The third kappa shape index (κ3) is 3.99. The van der Waals surface area contributed by atoms with Gasteiger partial charge in [0, 0.05) is 6.54 Å². The molecule has 2 N–H and O–H groups in total. The Bertz CT molecular complexity index is 539. The Morgan fingerprint density at radius 1 is 1.32 bits per heavy atom. The van der Waals surface area contributed by atoms with Crippen LogP contribution in [0.2, 0.25) is 0 Å². The van der Waals surface area contributed by atoms with Crippen LogP contribution in [0, 0.1) is 12.7 Å². The van der Waals surface area contributed by atoms with Gasteiger partial charge in [-0.15, -0.1) is 0 Å². The molecule has 0 aromatic heterocycles. The van der Waals surface area contributed by atoms with Crippen LogP contribution >= 0.6 is 0 Å². The summed E-state index contributed by atoms with van der Waals surface area (Å²) in [6.07, 6.45) is 0.877. The number of rotatable bonds is 6. The molecular formula is C13H20FNO3S. The molecule has 0 atom stereocenters. The summed E-state index contributed by atoms with van der Waals surface area (Å²) < 4.78 is 39.7. The Labute approximate surface area is 113 Å². The average molecular weight is 289 g/mol. The van der Waals surface area contributed by atoms with Crippen molar-refractivity contribution >= 4 is 10.0 Å². The molecule has 4 nitrogen and oxygen atoms in total. The Morgan fingerprint density at radius 2 is 1.89 bits per heavy atom. The van der Waals surface area contributed by atoms with E-state index in [4.69, 9.17) is 0 Å². The SMILES string of the molecule is CCC(O)(CC)CNS(=O)(=O)c1cc(F)ccc1C. The standard InChI is InChI=1S/C13H20FNO3S/c1-4-13(16,5-2)9-15-19(17,18)12-8-11(14)7-6-10(12)3/h6-8,15-16H,4-5,9H2,1-3H3. The lowest BCUT2D eigenvalue weighted by atomic mass is 9.98. The molecular weight excluding hydrogens is 269 g/mol. The normalized spacial score (nSPS) is 12.7. The van der Waals surface area contributed by atoms with Crippen LogP contribution in [0.15, 0.2) is 23.1 Å². The van der Waals surface area contributed by atoms with Gasteiger partial charge in [0.05, 0.1) is 10.5 Å². The predicted molar refractivity (Wildman–Crippen MR) is 71.9 cm³/mol. The topological polar surface area (TPSA) is 66.4 Å². The molecule has 0 bridgehead atoms. The highest BCUT2D eigenvalue weighted by atomic mass is 32.2.